The highest BCUT2D eigenvalue weighted by Crippen LogP contribution is 2.32. The molecule has 1 atom stereocenters. The monoisotopic (exact) mass is 357 g/mol. The van der Waals surface area contributed by atoms with Crippen LogP contribution in [0.15, 0.2) is 23.1 Å². The second-order valence-electron chi connectivity index (χ2n) is 5.93. The predicted octanol–water partition coefficient (Wildman–Crippen LogP) is 1.90. The molecule has 0 bridgehead atoms. The molecule has 24 heavy (non-hydrogen) atoms. The van der Waals surface area contributed by atoms with Crippen LogP contribution in [-0.2, 0) is 14.8 Å². The number of methoxy groups -OCH3 is 1. The summed E-state index contributed by atoms with van der Waals surface area (Å²) >= 11 is 0. The Labute approximate surface area is 142 Å². The van der Waals surface area contributed by atoms with E-state index in [4.69, 9.17) is 4.74 Å². The van der Waals surface area contributed by atoms with Crippen LogP contribution in [0.2, 0.25) is 0 Å². The number of ether oxygens (including phenoxy) is 1. The van der Waals surface area contributed by atoms with Crippen molar-refractivity contribution in [3.05, 3.63) is 28.3 Å². The quantitative estimate of drug-likeness (QED) is 0.591. The summed E-state index contributed by atoms with van der Waals surface area (Å²) in [6.07, 6.45) is 3.07. The largest absolute Gasteiger partial charge is 0.383 e. The molecule has 1 aromatic carbocycles. The van der Waals surface area contributed by atoms with Crippen molar-refractivity contribution < 1.29 is 18.1 Å². The maximum absolute atomic E-state index is 12.4. The average molecular weight is 357 g/mol. The van der Waals surface area contributed by atoms with Crippen LogP contribution in [0.25, 0.3) is 0 Å². The van der Waals surface area contributed by atoms with Crippen molar-refractivity contribution in [2.75, 3.05) is 31.7 Å². The average Bonchev–Trinajstić information content (AvgIpc) is 2.54. The van der Waals surface area contributed by atoms with Crippen LogP contribution in [0, 0.1) is 10.1 Å². The molecular formula is C15H23N3O5S. The van der Waals surface area contributed by atoms with Gasteiger partial charge in [-0.2, -0.15) is 0 Å². The van der Waals surface area contributed by atoms with Crippen LogP contribution in [0.1, 0.15) is 26.2 Å². The number of piperidine rings is 1. The summed E-state index contributed by atoms with van der Waals surface area (Å²) in [5.74, 6) is 0. The summed E-state index contributed by atoms with van der Waals surface area (Å²) in [6, 6.07) is 3.64. The molecule has 8 nitrogen and oxygen atoms in total. The molecule has 2 rings (SSSR count). The van der Waals surface area contributed by atoms with Gasteiger partial charge in [0.25, 0.3) is 5.69 Å². The van der Waals surface area contributed by atoms with Gasteiger partial charge in [-0.25, -0.2) is 13.1 Å². The number of benzene rings is 1. The van der Waals surface area contributed by atoms with E-state index in [1.165, 1.54) is 19.2 Å². The second-order valence-corrected chi connectivity index (χ2v) is 7.65. The van der Waals surface area contributed by atoms with Crippen LogP contribution in [0.5, 0.6) is 0 Å². The second kappa shape index (κ2) is 7.91. The molecule has 1 N–H and O–H groups in total. The van der Waals surface area contributed by atoms with E-state index in [0.717, 1.165) is 38.4 Å². The molecule has 0 unspecified atom stereocenters. The molecule has 0 amide bonds. The third-order valence-electron chi connectivity index (χ3n) is 3.92. The summed E-state index contributed by atoms with van der Waals surface area (Å²) in [5, 5.41) is 11.4. The maximum atomic E-state index is 12.4. The SMILES string of the molecule is COC[C@@H](C)NS(=O)(=O)c1ccc(N2CCCCC2)c([N+](=O)[O-])c1. The number of hydrogen-bond acceptors (Lipinski definition) is 6. The van der Waals surface area contributed by atoms with E-state index < -0.39 is 21.0 Å². The van der Waals surface area contributed by atoms with Crippen molar-refractivity contribution in [2.24, 2.45) is 0 Å². The fourth-order valence-corrected chi connectivity index (χ4v) is 4.08. The van der Waals surface area contributed by atoms with Gasteiger partial charge in [0, 0.05) is 32.3 Å². The molecule has 0 radical (unpaired) electrons. The number of nitrogens with one attached hydrogen (secondary N) is 1. The van der Waals surface area contributed by atoms with Gasteiger partial charge in [0.1, 0.15) is 5.69 Å². The van der Waals surface area contributed by atoms with Crippen molar-refractivity contribution in [2.45, 2.75) is 37.1 Å². The van der Waals surface area contributed by atoms with Gasteiger partial charge >= 0.3 is 0 Å². The van der Waals surface area contributed by atoms with Crippen molar-refractivity contribution in [3.8, 4) is 0 Å². The Morgan fingerprint density at radius 3 is 2.58 bits per heavy atom. The Balaban J connectivity index is 2.32. The molecular weight excluding hydrogens is 334 g/mol. The molecule has 0 saturated carbocycles. The van der Waals surface area contributed by atoms with Crippen LogP contribution in [0.3, 0.4) is 0 Å². The predicted molar refractivity (Wildman–Crippen MR) is 90.8 cm³/mol. The minimum atomic E-state index is -3.84. The van der Waals surface area contributed by atoms with Gasteiger partial charge in [-0.1, -0.05) is 0 Å². The molecule has 1 saturated heterocycles. The molecule has 1 fully saturated rings. The Morgan fingerprint density at radius 2 is 2.00 bits per heavy atom. The first-order valence-electron chi connectivity index (χ1n) is 7.90. The molecule has 9 heteroatoms. The lowest BCUT2D eigenvalue weighted by Crippen LogP contribution is -2.35. The molecule has 0 aliphatic carbocycles. The first-order valence-corrected chi connectivity index (χ1v) is 9.38. The minimum absolute atomic E-state index is 0.113. The summed E-state index contributed by atoms with van der Waals surface area (Å²) < 4.78 is 32.1. The van der Waals surface area contributed by atoms with Gasteiger partial charge in [0.05, 0.1) is 16.4 Å². The van der Waals surface area contributed by atoms with E-state index >= 15 is 0 Å². The highest BCUT2D eigenvalue weighted by atomic mass is 32.2. The molecule has 0 spiro atoms. The molecule has 134 valence electrons. The van der Waals surface area contributed by atoms with E-state index in [0.29, 0.717) is 5.69 Å². The van der Waals surface area contributed by atoms with Gasteiger partial charge in [-0.3, -0.25) is 10.1 Å². The molecule has 1 heterocycles. The number of sulfonamides is 1. The van der Waals surface area contributed by atoms with Gasteiger partial charge in [0.15, 0.2) is 0 Å². The van der Waals surface area contributed by atoms with Crippen LogP contribution in [-0.4, -0.2) is 46.2 Å². The summed E-state index contributed by atoms with van der Waals surface area (Å²) in [7, 11) is -2.36. The van der Waals surface area contributed by atoms with E-state index in [9.17, 15) is 18.5 Å². The zero-order chi connectivity index (χ0) is 17.7. The van der Waals surface area contributed by atoms with E-state index in [2.05, 4.69) is 4.72 Å². The number of nitrogens with zero attached hydrogens (tertiary/aromatic N) is 2. The molecule has 1 aliphatic heterocycles. The highest BCUT2D eigenvalue weighted by Gasteiger charge is 2.26. The topological polar surface area (TPSA) is 102 Å². The molecule has 1 aromatic rings. The van der Waals surface area contributed by atoms with Crippen LogP contribution in [0.4, 0.5) is 11.4 Å². The highest BCUT2D eigenvalue weighted by molar-refractivity contribution is 7.89. The fourth-order valence-electron chi connectivity index (χ4n) is 2.84. The van der Waals surface area contributed by atoms with Crippen LogP contribution < -0.4 is 9.62 Å². The number of nitro groups is 1. The van der Waals surface area contributed by atoms with Crippen LogP contribution >= 0.6 is 0 Å². The summed E-state index contributed by atoms with van der Waals surface area (Å²) in [5.41, 5.74) is 0.294. The van der Waals surface area contributed by atoms with Crippen molar-refractivity contribution in [1.82, 2.24) is 4.72 Å². The lowest BCUT2D eigenvalue weighted by Gasteiger charge is -2.28. The Bertz CT molecular complexity index is 686. The van der Waals surface area contributed by atoms with Crippen molar-refractivity contribution in [3.63, 3.8) is 0 Å². The first-order chi connectivity index (χ1) is 11.3. The summed E-state index contributed by atoms with van der Waals surface area (Å²) in [6.45, 7) is 3.37. The zero-order valence-electron chi connectivity index (χ0n) is 13.9. The third kappa shape index (κ3) is 4.43. The van der Waals surface area contributed by atoms with E-state index in [1.807, 2.05) is 4.90 Å². The standard InChI is InChI=1S/C15H23N3O5S/c1-12(11-23-2)16-24(21,22)13-6-7-14(15(10-13)18(19)20)17-8-4-3-5-9-17/h6-7,10,12,16H,3-5,8-9,11H2,1-2H3/t12-/m1/s1. The minimum Gasteiger partial charge on any atom is -0.383 e. The number of anilines is 1. The van der Waals surface area contributed by atoms with Crippen molar-refractivity contribution >= 4 is 21.4 Å². The first kappa shape index (κ1) is 18.6. The molecule has 1 aliphatic rings. The van der Waals surface area contributed by atoms with Gasteiger partial charge in [-0.15, -0.1) is 0 Å². The van der Waals surface area contributed by atoms with E-state index in [1.54, 1.807) is 6.92 Å². The summed E-state index contributed by atoms with van der Waals surface area (Å²) in [4.78, 5) is 12.7. The number of hydrogen-bond donors (Lipinski definition) is 1. The fraction of sp³-hybridized carbons (Fsp3) is 0.600. The maximum Gasteiger partial charge on any atom is 0.293 e. The Hall–Kier alpha value is -1.71. The zero-order valence-corrected chi connectivity index (χ0v) is 14.7. The van der Waals surface area contributed by atoms with Gasteiger partial charge in [-0.05, 0) is 38.3 Å². The normalized spacial score (nSPS) is 16.8. The van der Waals surface area contributed by atoms with Gasteiger partial charge in [0.2, 0.25) is 10.0 Å². The Kier molecular flexibility index (Phi) is 6.14. The number of rotatable bonds is 7. The number of nitro benzene ring substituents is 1. The lowest BCUT2D eigenvalue weighted by atomic mass is 10.1. The Morgan fingerprint density at radius 1 is 1.33 bits per heavy atom. The third-order valence-corrected chi connectivity index (χ3v) is 5.51. The van der Waals surface area contributed by atoms with E-state index in [-0.39, 0.29) is 17.2 Å². The van der Waals surface area contributed by atoms with Crippen molar-refractivity contribution in [1.29, 1.82) is 0 Å². The lowest BCUT2D eigenvalue weighted by molar-refractivity contribution is -0.384. The van der Waals surface area contributed by atoms with Gasteiger partial charge < -0.3 is 9.64 Å². The smallest absolute Gasteiger partial charge is 0.293 e. The molecule has 0 aromatic heterocycles.